The topological polar surface area (TPSA) is 43.6 Å². The summed E-state index contributed by atoms with van der Waals surface area (Å²) in [6.45, 7) is 0. The molecule has 0 unspecified atom stereocenters. The van der Waals surface area contributed by atoms with Crippen molar-refractivity contribution in [1.82, 2.24) is 19.5 Å². The molecule has 4 aromatic rings. The van der Waals surface area contributed by atoms with Crippen molar-refractivity contribution in [2.45, 2.75) is 6.18 Å². The minimum Gasteiger partial charge on any atom is -0.290 e. The molecule has 2 aromatic heterocycles. The Labute approximate surface area is 140 Å². The first-order chi connectivity index (χ1) is 12.0. The smallest absolute Gasteiger partial charge is 0.290 e. The third kappa shape index (κ3) is 2.73. The number of benzene rings is 2. The zero-order valence-corrected chi connectivity index (χ0v) is 12.8. The van der Waals surface area contributed by atoms with Gasteiger partial charge in [0.2, 0.25) is 0 Å². The van der Waals surface area contributed by atoms with Gasteiger partial charge in [-0.15, -0.1) is 0 Å². The Kier molecular flexibility index (Phi) is 3.49. The molecule has 0 fully saturated rings. The predicted molar refractivity (Wildman–Crippen MR) is 87.1 cm³/mol. The predicted octanol–water partition coefficient (Wildman–Crippen LogP) is 4.50. The molecule has 0 saturated heterocycles. The van der Waals surface area contributed by atoms with Crippen LogP contribution < -0.4 is 0 Å². The number of imidazole rings is 1. The summed E-state index contributed by atoms with van der Waals surface area (Å²) in [7, 11) is 0. The average molecular weight is 340 g/mol. The summed E-state index contributed by atoms with van der Waals surface area (Å²) < 4.78 is 41.7. The van der Waals surface area contributed by atoms with E-state index in [2.05, 4.69) is 15.0 Å². The van der Waals surface area contributed by atoms with Gasteiger partial charge >= 0.3 is 6.18 Å². The highest BCUT2D eigenvalue weighted by atomic mass is 19.4. The summed E-state index contributed by atoms with van der Waals surface area (Å²) in [6, 6.07) is 12.5. The Balaban J connectivity index is 2.02. The average Bonchev–Trinajstić information content (AvgIpc) is 3.14. The number of fused-ring (bicyclic) bond motifs is 1. The zero-order chi connectivity index (χ0) is 17.4. The van der Waals surface area contributed by atoms with E-state index in [9.17, 15) is 13.2 Å². The van der Waals surface area contributed by atoms with Crippen LogP contribution in [0.5, 0.6) is 0 Å². The Morgan fingerprint density at radius 3 is 2.40 bits per heavy atom. The Morgan fingerprint density at radius 1 is 0.880 bits per heavy atom. The molecule has 2 aromatic carbocycles. The van der Waals surface area contributed by atoms with Crippen LogP contribution in [-0.2, 0) is 6.18 Å². The van der Waals surface area contributed by atoms with Crippen LogP contribution in [0.15, 0.2) is 67.3 Å². The van der Waals surface area contributed by atoms with Crippen molar-refractivity contribution in [3.05, 3.63) is 72.8 Å². The molecule has 0 radical (unpaired) electrons. The third-order valence-electron chi connectivity index (χ3n) is 3.81. The summed E-state index contributed by atoms with van der Waals surface area (Å²) in [5.74, 6) is 0.505. The van der Waals surface area contributed by atoms with Crippen LogP contribution in [0.4, 0.5) is 13.2 Å². The van der Waals surface area contributed by atoms with Crippen LogP contribution in [0.25, 0.3) is 28.1 Å². The molecular weight excluding hydrogens is 329 g/mol. The molecule has 4 rings (SSSR count). The fourth-order valence-electron chi connectivity index (χ4n) is 2.69. The molecule has 0 amide bonds. The van der Waals surface area contributed by atoms with E-state index in [1.54, 1.807) is 41.5 Å². The fourth-order valence-corrected chi connectivity index (χ4v) is 2.69. The van der Waals surface area contributed by atoms with Gasteiger partial charge in [-0.25, -0.2) is 15.0 Å². The van der Waals surface area contributed by atoms with E-state index < -0.39 is 11.7 Å². The quantitative estimate of drug-likeness (QED) is 0.540. The van der Waals surface area contributed by atoms with Crippen LogP contribution in [0, 0.1) is 0 Å². The van der Waals surface area contributed by atoms with Gasteiger partial charge < -0.3 is 0 Å². The van der Waals surface area contributed by atoms with Gasteiger partial charge in [0.25, 0.3) is 0 Å². The molecule has 2 heterocycles. The van der Waals surface area contributed by atoms with Crippen LogP contribution in [-0.4, -0.2) is 19.5 Å². The van der Waals surface area contributed by atoms with Crippen LogP contribution in [0.3, 0.4) is 0 Å². The Hall–Kier alpha value is -3.22. The van der Waals surface area contributed by atoms with Crippen LogP contribution >= 0.6 is 0 Å². The maximum atomic E-state index is 13.4. The van der Waals surface area contributed by atoms with E-state index in [0.717, 1.165) is 11.5 Å². The standard InChI is InChI=1S/C18H11F3N4/c19-18(20,21)14-7-3-1-5-12(14)16-23-15-8-4-2-6-13(15)17(24-16)25-10-9-22-11-25/h1-11H. The lowest BCUT2D eigenvalue weighted by Gasteiger charge is -2.14. The maximum Gasteiger partial charge on any atom is 0.417 e. The second-order valence-corrected chi connectivity index (χ2v) is 5.40. The monoisotopic (exact) mass is 340 g/mol. The number of hydrogen-bond acceptors (Lipinski definition) is 3. The van der Waals surface area contributed by atoms with E-state index in [1.165, 1.54) is 12.1 Å². The minimum atomic E-state index is -4.49. The first-order valence-electron chi connectivity index (χ1n) is 7.46. The zero-order valence-electron chi connectivity index (χ0n) is 12.8. The lowest BCUT2D eigenvalue weighted by Crippen LogP contribution is -2.09. The molecule has 0 aliphatic carbocycles. The number of halogens is 3. The summed E-state index contributed by atoms with van der Waals surface area (Å²) in [4.78, 5) is 12.7. The van der Waals surface area contributed by atoms with Gasteiger partial charge in [-0.1, -0.05) is 30.3 Å². The number of alkyl halides is 3. The number of nitrogens with zero attached hydrogens (tertiary/aromatic N) is 4. The second kappa shape index (κ2) is 5.70. The van der Waals surface area contributed by atoms with Gasteiger partial charge in [0.15, 0.2) is 5.82 Å². The van der Waals surface area contributed by atoms with Crippen molar-refractivity contribution < 1.29 is 13.2 Å². The van der Waals surface area contributed by atoms with Crippen molar-refractivity contribution in [3.63, 3.8) is 0 Å². The first kappa shape index (κ1) is 15.3. The summed E-state index contributed by atoms with van der Waals surface area (Å²) in [6.07, 6.45) is 0.337. The van der Waals surface area contributed by atoms with Gasteiger partial charge in [0.05, 0.1) is 11.1 Å². The molecular formula is C18H11F3N4. The van der Waals surface area contributed by atoms with Gasteiger partial charge in [0, 0.05) is 23.3 Å². The highest BCUT2D eigenvalue weighted by molar-refractivity contribution is 5.87. The van der Waals surface area contributed by atoms with Gasteiger partial charge in [-0.3, -0.25) is 4.57 Å². The number of rotatable bonds is 2. The molecule has 124 valence electrons. The molecule has 0 N–H and O–H groups in total. The van der Waals surface area contributed by atoms with Crippen molar-refractivity contribution in [2.24, 2.45) is 0 Å². The molecule has 0 aliphatic heterocycles. The summed E-state index contributed by atoms with van der Waals surface area (Å²) in [5.41, 5.74) is -0.253. The molecule has 7 heteroatoms. The van der Waals surface area contributed by atoms with Crippen LogP contribution in [0.2, 0.25) is 0 Å². The number of para-hydroxylation sites is 1. The SMILES string of the molecule is FC(F)(F)c1ccccc1-c1nc(-n2ccnc2)c2ccccc2n1. The summed E-state index contributed by atoms with van der Waals surface area (Å²) >= 11 is 0. The minimum absolute atomic E-state index is 0.0234. The number of hydrogen-bond donors (Lipinski definition) is 0. The largest absolute Gasteiger partial charge is 0.417 e. The third-order valence-corrected chi connectivity index (χ3v) is 3.81. The Morgan fingerprint density at radius 2 is 1.64 bits per heavy atom. The molecule has 0 aliphatic rings. The van der Waals surface area contributed by atoms with Crippen LogP contribution in [0.1, 0.15) is 5.56 Å². The highest BCUT2D eigenvalue weighted by Gasteiger charge is 2.34. The van der Waals surface area contributed by atoms with Crippen molar-refractivity contribution in [1.29, 1.82) is 0 Å². The molecule has 0 spiro atoms. The van der Waals surface area contributed by atoms with Gasteiger partial charge in [-0.05, 0) is 18.2 Å². The highest BCUT2D eigenvalue weighted by Crippen LogP contribution is 2.36. The second-order valence-electron chi connectivity index (χ2n) is 5.40. The van der Waals surface area contributed by atoms with E-state index in [0.29, 0.717) is 11.3 Å². The maximum absolute atomic E-state index is 13.4. The first-order valence-corrected chi connectivity index (χ1v) is 7.46. The van der Waals surface area contributed by atoms with Crippen molar-refractivity contribution in [3.8, 4) is 17.2 Å². The normalized spacial score (nSPS) is 11.8. The molecule has 25 heavy (non-hydrogen) atoms. The van der Waals surface area contributed by atoms with E-state index in [-0.39, 0.29) is 11.4 Å². The molecule has 0 atom stereocenters. The lowest BCUT2D eigenvalue weighted by molar-refractivity contribution is -0.137. The number of aromatic nitrogens is 4. The van der Waals surface area contributed by atoms with E-state index in [4.69, 9.17) is 0 Å². The summed E-state index contributed by atoms with van der Waals surface area (Å²) in [5, 5.41) is 0.730. The fraction of sp³-hybridized carbons (Fsp3) is 0.0556. The van der Waals surface area contributed by atoms with E-state index >= 15 is 0 Å². The van der Waals surface area contributed by atoms with Gasteiger partial charge in [-0.2, -0.15) is 13.2 Å². The molecule has 0 saturated carbocycles. The van der Waals surface area contributed by atoms with Gasteiger partial charge in [0.1, 0.15) is 12.1 Å². The lowest BCUT2D eigenvalue weighted by atomic mass is 10.1. The molecule has 0 bridgehead atoms. The van der Waals surface area contributed by atoms with E-state index in [1.807, 2.05) is 12.1 Å². The van der Waals surface area contributed by atoms with Crippen molar-refractivity contribution in [2.75, 3.05) is 0 Å². The molecule has 4 nitrogen and oxygen atoms in total. The Bertz CT molecular complexity index is 1040. The van der Waals surface area contributed by atoms with Crippen molar-refractivity contribution >= 4 is 10.9 Å².